The van der Waals surface area contributed by atoms with Crippen LogP contribution in [0.25, 0.3) is 11.0 Å². The predicted octanol–water partition coefficient (Wildman–Crippen LogP) is 3.49. The van der Waals surface area contributed by atoms with Crippen LogP contribution in [0.3, 0.4) is 0 Å². The molecular weight excluding hydrogens is 464 g/mol. The fourth-order valence-electron chi connectivity index (χ4n) is 5.13. The second kappa shape index (κ2) is 10.4. The fourth-order valence-corrected chi connectivity index (χ4v) is 5.13. The van der Waals surface area contributed by atoms with Crippen molar-refractivity contribution in [1.29, 1.82) is 5.26 Å². The van der Waals surface area contributed by atoms with Crippen molar-refractivity contribution in [2.75, 3.05) is 18.0 Å². The minimum absolute atomic E-state index is 0.00963. The lowest BCUT2D eigenvalue weighted by Gasteiger charge is -2.33. The van der Waals surface area contributed by atoms with Crippen molar-refractivity contribution in [3.8, 4) is 6.07 Å². The monoisotopic (exact) mass is 494 g/mol. The van der Waals surface area contributed by atoms with Gasteiger partial charge >= 0.3 is 0 Å². The number of nitriles is 1. The van der Waals surface area contributed by atoms with Crippen LogP contribution in [0.2, 0.25) is 0 Å². The van der Waals surface area contributed by atoms with E-state index in [-0.39, 0.29) is 23.9 Å². The van der Waals surface area contributed by atoms with E-state index in [4.69, 9.17) is 5.73 Å². The van der Waals surface area contributed by atoms with Gasteiger partial charge in [0.25, 0.3) is 5.56 Å². The number of nitrogens with two attached hydrogens (primary N) is 1. The van der Waals surface area contributed by atoms with E-state index in [1.165, 1.54) is 10.9 Å². The molecule has 0 aliphatic carbocycles. The summed E-state index contributed by atoms with van der Waals surface area (Å²) in [5, 5.41) is 10.2. The molecule has 188 valence electrons. The molecule has 1 aliphatic rings. The Morgan fingerprint density at radius 3 is 2.68 bits per heavy atom. The summed E-state index contributed by atoms with van der Waals surface area (Å²) in [7, 11) is 0. The van der Waals surface area contributed by atoms with Gasteiger partial charge in [-0.3, -0.25) is 14.2 Å². The van der Waals surface area contributed by atoms with Gasteiger partial charge in [-0.1, -0.05) is 55.5 Å². The highest BCUT2D eigenvalue weighted by Gasteiger charge is 2.28. The van der Waals surface area contributed by atoms with Gasteiger partial charge in [0.1, 0.15) is 28.5 Å². The van der Waals surface area contributed by atoms with Crippen LogP contribution in [-0.4, -0.2) is 39.0 Å². The van der Waals surface area contributed by atoms with Gasteiger partial charge in [-0.25, -0.2) is 4.98 Å². The fraction of sp³-hybridized carbons (Fsp3) is 0.310. The zero-order chi connectivity index (χ0) is 25.9. The highest BCUT2D eigenvalue weighted by atomic mass is 16.1. The lowest BCUT2D eigenvalue weighted by Crippen LogP contribution is -2.44. The van der Waals surface area contributed by atoms with E-state index in [0.29, 0.717) is 41.1 Å². The number of nitrogens with zero attached hydrogens (tertiary/aromatic N) is 5. The van der Waals surface area contributed by atoms with E-state index in [1.54, 1.807) is 6.07 Å². The van der Waals surface area contributed by atoms with Crippen molar-refractivity contribution in [3.63, 3.8) is 0 Å². The predicted molar refractivity (Wildman–Crippen MR) is 144 cm³/mol. The summed E-state index contributed by atoms with van der Waals surface area (Å²) in [5.74, 6) is 0.503. The maximum Gasteiger partial charge on any atom is 0.278 e. The van der Waals surface area contributed by atoms with Gasteiger partial charge in [-0.05, 0) is 36.5 Å². The minimum Gasteiger partial charge on any atom is -0.355 e. The van der Waals surface area contributed by atoms with Crippen LogP contribution in [-0.2, 0) is 19.5 Å². The molecule has 1 atom stereocenters. The van der Waals surface area contributed by atoms with Crippen LogP contribution in [0.5, 0.6) is 0 Å². The largest absolute Gasteiger partial charge is 0.355 e. The molecule has 0 spiro atoms. The summed E-state index contributed by atoms with van der Waals surface area (Å²) in [5.41, 5.74) is 9.61. The number of aromatic nitrogens is 3. The van der Waals surface area contributed by atoms with Gasteiger partial charge in [-0.15, -0.1) is 0 Å². The second-order valence-corrected chi connectivity index (χ2v) is 9.58. The van der Waals surface area contributed by atoms with Crippen molar-refractivity contribution in [1.82, 2.24) is 14.1 Å². The summed E-state index contributed by atoms with van der Waals surface area (Å²) in [4.78, 5) is 33.6. The number of anilines is 1. The quantitative estimate of drug-likeness (QED) is 0.394. The zero-order valence-electron chi connectivity index (χ0n) is 20.9. The summed E-state index contributed by atoms with van der Waals surface area (Å²) in [6.45, 7) is 3.64. The van der Waals surface area contributed by atoms with Crippen molar-refractivity contribution in [2.24, 2.45) is 5.73 Å². The van der Waals surface area contributed by atoms with Crippen LogP contribution >= 0.6 is 0 Å². The first-order valence-electron chi connectivity index (χ1n) is 12.7. The topological polar surface area (TPSA) is 110 Å². The van der Waals surface area contributed by atoms with Crippen molar-refractivity contribution < 1.29 is 4.79 Å². The lowest BCUT2D eigenvalue weighted by atomic mass is 10.1. The molecule has 1 unspecified atom stereocenters. The van der Waals surface area contributed by atoms with Gasteiger partial charge in [0, 0.05) is 31.2 Å². The van der Waals surface area contributed by atoms with Gasteiger partial charge in [0.15, 0.2) is 5.78 Å². The highest BCUT2D eigenvalue weighted by molar-refractivity contribution is 5.96. The Morgan fingerprint density at radius 1 is 1.16 bits per heavy atom. The molecule has 1 saturated heterocycles. The third-order valence-corrected chi connectivity index (χ3v) is 7.02. The second-order valence-electron chi connectivity index (χ2n) is 9.58. The first kappa shape index (κ1) is 24.5. The van der Waals surface area contributed by atoms with Crippen LogP contribution < -0.4 is 16.2 Å². The third-order valence-electron chi connectivity index (χ3n) is 7.02. The SMILES string of the molecule is CCc1cccc(C(=O)Cn2cnc3c(C#N)c(N4CCCC(N)C4)n(Cc4ccccc4)c3c2=O)c1. The van der Waals surface area contributed by atoms with Crippen LogP contribution in [0, 0.1) is 11.3 Å². The number of piperidine rings is 1. The van der Waals surface area contributed by atoms with Gasteiger partial charge < -0.3 is 15.2 Å². The standard InChI is InChI=1S/C29H30N6O2/c1-2-20-10-6-11-22(14-20)25(36)18-34-19-32-26-24(15-30)28(33-13-7-12-23(31)17-33)35(27(26)29(34)37)16-21-8-4-3-5-9-21/h3-6,8-11,14,19,23H,2,7,12-13,16-18,31H2,1H3. The number of aryl methyl sites for hydroxylation is 1. The molecule has 5 rings (SSSR count). The number of fused-ring (bicyclic) bond motifs is 1. The van der Waals surface area contributed by atoms with Crippen LogP contribution in [0.15, 0.2) is 65.7 Å². The molecule has 0 amide bonds. The number of benzene rings is 2. The summed E-state index contributed by atoms with van der Waals surface area (Å²) in [6, 6.07) is 19.6. The van der Waals surface area contributed by atoms with Crippen molar-refractivity contribution in [3.05, 3.63) is 93.5 Å². The van der Waals surface area contributed by atoms with Crippen LogP contribution in [0.4, 0.5) is 5.82 Å². The Labute approximate surface area is 215 Å². The molecule has 0 saturated carbocycles. The Bertz CT molecular complexity index is 1550. The molecule has 2 aromatic heterocycles. The zero-order valence-corrected chi connectivity index (χ0v) is 20.9. The number of ketones is 1. The number of Topliss-reactive ketones (excluding diaryl/α,β-unsaturated/α-hetero) is 1. The smallest absolute Gasteiger partial charge is 0.278 e. The maximum absolute atomic E-state index is 13.9. The molecule has 1 fully saturated rings. The average Bonchev–Trinajstić information content (AvgIpc) is 3.24. The molecule has 0 radical (unpaired) electrons. The molecule has 37 heavy (non-hydrogen) atoms. The van der Waals surface area contributed by atoms with Crippen molar-refractivity contribution >= 4 is 22.6 Å². The third kappa shape index (κ3) is 4.78. The average molecular weight is 495 g/mol. The number of carbonyl (C=O) groups is 1. The normalized spacial score (nSPS) is 15.6. The Balaban J connectivity index is 1.64. The number of hydrogen-bond acceptors (Lipinski definition) is 6. The van der Waals surface area contributed by atoms with E-state index < -0.39 is 0 Å². The van der Waals surface area contributed by atoms with E-state index in [0.717, 1.165) is 36.9 Å². The summed E-state index contributed by atoms with van der Waals surface area (Å²) >= 11 is 0. The first-order chi connectivity index (χ1) is 18.0. The molecule has 8 nitrogen and oxygen atoms in total. The molecule has 2 aromatic carbocycles. The summed E-state index contributed by atoms with van der Waals surface area (Å²) < 4.78 is 3.23. The van der Waals surface area contributed by atoms with E-state index in [2.05, 4.69) is 16.0 Å². The van der Waals surface area contributed by atoms with Gasteiger partial charge in [0.2, 0.25) is 0 Å². The molecular formula is C29H30N6O2. The molecule has 1 aliphatic heterocycles. The summed E-state index contributed by atoms with van der Waals surface area (Å²) in [6.07, 6.45) is 4.03. The number of rotatable bonds is 7. The van der Waals surface area contributed by atoms with Gasteiger partial charge in [-0.2, -0.15) is 5.26 Å². The van der Waals surface area contributed by atoms with Crippen molar-refractivity contribution in [2.45, 2.75) is 45.3 Å². The lowest BCUT2D eigenvalue weighted by molar-refractivity contribution is 0.0970. The van der Waals surface area contributed by atoms with E-state index in [1.807, 2.05) is 60.0 Å². The Morgan fingerprint density at radius 2 is 1.95 bits per heavy atom. The Kier molecular flexibility index (Phi) is 6.89. The highest BCUT2D eigenvalue weighted by Crippen LogP contribution is 2.32. The molecule has 8 heteroatoms. The van der Waals surface area contributed by atoms with E-state index in [9.17, 15) is 14.9 Å². The molecule has 0 bridgehead atoms. The number of hydrogen-bond donors (Lipinski definition) is 1. The molecule has 2 N–H and O–H groups in total. The first-order valence-corrected chi connectivity index (χ1v) is 12.7. The minimum atomic E-state index is -0.343. The molecule has 4 aromatic rings. The Hall–Kier alpha value is -4.22. The molecule has 3 heterocycles. The van der Waals surface area contributed by atoms with Crippen LogP contribution in [0.1, 0.15) is 46.8 Å². The number of carbonyl (C=O) groups excluding carboxylic acids is 1. The maximum atomic E-state index is 13.9. The van der Waals surface area contributed by atoms with Gasteiger partial charge in [0.05, 0.1) is 12.9 Å². The van der Waals surface area contributed by atoms with E-state index >= 15 is 0 Å².